The number of hydrogen-bond donors (Lipinski definition) is 2. The first-order chi connectivity index (χ1) is 13.8. The van der Waals surface area contributed by atoms with Gasteiger partial charge in [0.15, 0.2) is 6.61 Å². The second-order valence-corrected chi connectivity index (χ2v) is 5.63. The summed E-state index contributed by atoms with van der Waals surface area (Å²) in [6.07, 6.45) is 0. The maximum absolute atomic E-state index is 13.5. The standard InChI is InChI=1S/C18H17F2N3O6/c1-28-8-7-21-14-6-5-11(9-15(14)23(26)27)18(25)29-10-16(24)22-17-12(19)3-2-4-13(17)20/h2-6,9,21H,7-8,10H2,1H3,(H,22,24). The molecule has 0 spiro atoms. The van der Waals surface area contributed by atoms with Crippen molar-refractivity contribution in [1.29, 1.82) is 0 Å². The van der Waals surface area contributed by atoms with Crippen molar-refractivity contribution in [2.24, 2.45) is 0 Å². The van der Waals surface area contributed by atoms with Crippen LogP contribution in [0.15, 0.2) is 36.4 Å². The molecule has 2 aromatic rings. The zero-order valence-electron chi connectivity index (χ0n) is 15.2. The Kier molecular flexibility index (Phi) is 7.54. The van der Waals surface area contributed by atoms with Crippen LogP contribution in [0.2, 0.25) is 0 Å². The molecule has 11 heteroatoms. The number of amides is 1. The van der Waals surface area contributed by atoms with Crippen molar-refractivity contribution in [2.45, 2.75) is 0 Å². The second-order valence-electron chi connectivity index (χ2n) is 5.63. The first kappa shape index (κ1) is 21.7. The molecular weight excluding hydrogens is 392 g/mol. The lowest BCUT2D eigenvalue weighted by atomic mass is 10.1. The van der Waals surface area contributed by atoms with Crippen LogP contribution in [-0.2, 0) is 14.3 Å². The van der Waals surface area contributed by atoms with Gasteiger partial charge in [-0.25, -0.2) is 13.6 Å². The van der Waals surface area contributed by atoms with E-state index in [4.69, 9.17) is 9.47 Å². The molecule has 0 saturated carbocycles. The van der Waals surface area contributed by atoms with E-state index >= 15 is 0 Å². The van der Waals surface area contributed by atoms with Crippen LogP contribution in [0.3, 0.4) is 0 Å². The third-order valence-corrected chi connectivity index (χ3v) is 3.61. The van der Waals surface area contributed by atoms with Crippen LogP contribution in [0.5, 0.6) is 0 Å². The molecule has 0 aliphatic heterocycles. The number of hydrogen-bond acceptors (Lipinski definition) is 7. The first-order valence-electron chi connectivity index (χ1n) is 8.25. The van der Waals surface area contributed by atoms with Crippen LogP contribution in [0, 0.1) is 21.7 Å². The highest BCUT2D eigenvalue weighted by molar-refractivity contribution is 5.96. The number of nitrogens with zero attached hydrogens (tertiary/aromatic N) is 1. The van der Waals surface area contributed by atoms with Crippen molar-refractivity contribution in [3.05, 3.63) is 63.7 Å². The summed E-state index contributed by atoms with van der Waals surface area (Å²) in [5.74, 6) is -3.97. The highest BCUT2D eigenvalue weighted by Crippen LogP contribution is 2.26. The van der Waals surface area contributed by atoms with Crippen molar-refractivity contribution < 1.29 is 32.8 Å². The van der Waals surface area contributed by atoms with E-state index in [1.807, 2.05) is 5.32 Å². The molecule has 0 radical (unpaired) electrons. The largest absolute Gasteiger partial charge is 0.452 e. The van der Waals surface area contributed by atoms with Crippen LogP contribution >= 0.6 is 0 Å². The Labute approximate surface area is 163 Å². The average Bonchev–Trinajstić information content (AvgIpc) is 2.69. The minimum atomic E-state index is -1.01. The molecule has 29 heavy (non-hydrogen) atoms. The van der Waals surface area contributed by atoms with E-state index in [0.717, 1.165) is 24.3 Å². The lowest BCUT2D eigenvalue weighted by Crippen LogP contribution is -2.22. The van der Waals surface area contributed by atoms with Gasteiger partial charge in [0.25, 0.3) is 11.6 Å². The van der Waals surface area contributed by atoms with Gasteiger partial charge in [0, 0.05) is 19.7 Å². The summed E-state index contributed by atoms with van der Waals surface area (Å²) < 4.78 is 36.6. The molecule has 0 aliphatic carbocycles. The Bertz CT molecular complexity index is 902. The van der Waals surface area contributed by atoms with Gasteiger partial charge in [0.1, 0.15) is 23.0 Å². The Hall–Kier alpha value is -3.60. The number of methoxy groups -OCH3 is 1. The second kappa shape index (κ2) is 10.1. The van der Waals surface area contributed by atoms with E-state index in [2.05, 4.69) is 5.32 Å². The molecule has 0 aliphatic rings. The Morgan fingerprint density at radius 2 is 1.86 bits per heavy atom. The number of nitro groups is 1. The van der Waals surface area contributed by atoms with Crippen LogP contribution < -0.4 is 10.6 Å². The molecule has 1 amide bonds. The smallest absolute Gasteiger partial charge is 0.338 e. The topological polar surface area (TPSA) is 120 Å². The van der Waals surface area contributed by atoms with Crippen molar-refractivity contribution in [3.8, 4) is 0 Å². The fourth-order valence-corrected chi connectivity index (χ4v) is 2.25. The Morgan fingerprint density at radius 1 is 1.17 bits per heavy atom. The third kappa shape index (κ3) is 5.94. The number of nitro benzene ring substituents is 1. The molecule has 0 atom stereocenters. The van der Waals surface area contributed by atoms with Crippen LogP contribution in [0.1, 0.15) is 10.4 Å². The van der Waals surface area contributed by atoms with Gasteiger partial charge < -0.3 is 20.1 Å². The number of benzene rings is 2. The van der Waals surface area contributed by atoms with Crippen LogP contribution in [0.4, 0.5) is 25.8 Å². The summed E-state index contributed by atoms with van der Waals surface area (Å²) in [6.45, 7) is -0.208. The molecule has 2 N–H and O–H groups in total. The zero-order chi connectivity index (χ0) is 21.4. The number of ether oxygens (including phenoxy) is 2. The van der Waals surface area contributed by atoms with Crippen molar-refractivity contribution in [3.63, 3.8) is 0 Å². The number of carbonyl (C=O) groups excluding carboxylic acids is 2. The summed E-state index contributed by atoms with van der Waals surface area (Å²) in [6, 6.07) is 6.61. The van der Waals surface area contributed by atoms with Crippen LogP contribution in [-0.4, -0.2) is 43.7 Å². The minimum absolute atomic E-state index is 0.168. The normalized spacial score (nSPS) is 10.3. The molecule has 0 saturated heterocycles. The summed E-state index contributed by atoms with van der Waals surface area (Å²) in [5, 5.41) is 16.0. The predicted octanol–water partition coefficient (Wildman–Crippen LogP) is 2.73. The van der Waals surface area contributed by atoms with Gasteiger partial charge in [-0.1, -0.05) is 6.07 Å². The minimum Gasteiger partial charge on any atom is -0.452 e. The number of nitrogens with one attached hydrogen (secondary N) is 2. The predicted molar refractivity (Wildman–Crippen MR) is 98.7 cm³/mol. The van der Waals surface area contributed by atoms with E-state index in [0.29, 0.717) is 13.2 Å². The van der Waals surface area contributed by atoms with Gasteiger partial charge in [0.2, 0.25) is 0 Å². The van der Waals surface area contributed by atoms with Gasteiger partial charge in [0.05, 0.1) is 17.1 Å². The molecular formula is C18H17F2N3O6. The maximum Gasteiger partial charge on any atom is 0.338 e. The maximum atomic E-state index is 13.5. The van der Waals surface area contributed by atoms with Crippen molar-refractivity contribution in [1.82, 2.24) is 0 Å². The molecule has 154 valence electrons. The van der Waals surface area contributed by atoms with E-state index in [9.17, 15) is 28.5 Å². The highest BCUT2D eigenvalue weighted by atomic mass is 19.1. The summed E-state index contributed by atoms with van der Waals surface area (Å²) >= 11 is 0. The lowest BCUT2D eigenvalue weighted by molar-refractivity contribution is -0.384. The number of rotatable bonds is 9. The van der Waals surface area contributed by atoms with Crippen molar-refractivity contribution >= 4 is 28.9 Å². The molecule has 9 nitrogen and oxygen atoms in total. The fraction of sp³-hybridized carbons (Fsp3) is 0.222. The molecule has 2 aromatic carbocycles. The fourth-order valence-electron chi connectivity index (χ4n) is 2.25. The summed E-state index contributed by atoms with van der Waals surface area (Å²) in [5.41, 5.74) is -1.03. The zero-order valence-corrected chi connectivity index (χ0v) is 15.2. The van der Waals surface area contributed by atoms with E-state index < -0.39 is 40.7 Å². The molecule has 0 heterocycles. The van der Waals surface area contributed by atoms with E-state index in [1.54, 1.807) is 0 Å². The van der Waals surface area contributed by atoms with Gasteiger partial charge in [-0.3, -0.25) is 14.9 Å². The number of esters is 1. The van der Waals surface area contributed by atoms with Crippen LogP contribution in [0.25, 0.3) is 0 Å². The average molecular weight is 409 g/mol. The molecule has 0 unspecified atom stereocenters. The van der Waals surface area contributed by atoms with Gasteiger partial charge >= 0.3 is 5.97 Å². The van der Waals surface area contributed by atoms with E-state index in [1.165, 1.54) is 19.2 Å². The summed E-state index contributed by atoms with van der Waals surface area (Å²) in [7, 11) is 1.48. The molecule has 0 fully saturated rings. The Balaban J connectivity index is 2.02. The summed E-state index contributed by atoms with van der Waals surface area (Å²) in [4.78, 5) is 34.4. The lowest BCUT2D eigenvalue weighted by Gasteiger charge is -2.09. The van der Waals surface area contributed by atoms with Gasteiger partial charge in [-0.2, -0.15) is 0 Å². The number of para-hydroxylation sites is 1. The quantitative estimate of drug-likeness (QED) is 0.283. The number of anilines is 2. The monoisotopic (exact) mass is 409 g/mol. The van der Waals surface area contributed by atoms with Gasteiger partial charge in [-0.15, -0.1) is 0 Å². The number of halogens is 2. The Morgan fingerprint density at radius 3 is 2.48 bits per heavy atom. The third-order valence-electron chi connectivity index (χ3n) is 3.61. The molecule has 0 bridgehead atoms. The number of carbonyl (C=O) groups is 2. The van der Waals surface area contributed by atoms with Gasteiger partial charge in [-0.05, 0) is 24.3 Å². The molecule has 0 aromatic heterocycles. The van der Waals surface area contributed by atoms with E-state index in [-0.39, 0.29) is 16.9 Å². The SMILES string of the molecule is COCCNc1ccc(C(=O)OCC(=O)Nc2c(F)cccc2F)cc1[N+](=O)[O-]. The highest BCUT2D eigenvalue weighted by Gasteiger charge is 2.19. The first-order valence-corrected chi connectivity index (χ1v) is 8.25. The van der Waals surface area contributed by atoms with Crippen molar-refractivity contribution in [2.75, 3.05) is 37.5 Å². The molecule has 2 rings (SSSR count).